The van der Waals surface area contributed by atoms with Gasteiger partial charge in [-0.1, -0.05) is 32.0 Å². The predicted octanol–water partition coefficient (Wildman–Crippen LogP) is 2.94. The molecule has 0 aromatic heterocycles. The molecule has 0 aliphatic carbocycles. The summed E-state index contributed by atoms with van der Waals surface area (Å²) in [6.07, 6.45) is 0. The van der Waals surface area contributed by atoms with E-state index in [2.05, 4.69) is 19.9 Å². The lowest BCUT2D eigenvalue weighted by Gasteiger charge is -2.18. The highest BCUT2D eigenvalue weighted by molar-refractivity contribution is 5.35. The van der Waals surface area contributed by atoms with Crippen LogP contribution in [0.25, 0.3) is 0 Å². The Balaban J connectivity index is 2.36. The van der Waals surface area contributed by atoms with E-state index in [0.717, 1.165) is 5.75 Å². The van der Waals surface area contributed by atoms with Gasteiger partial charge in [0.25, 0.3) is 0 Å². The maximum Gasteiger partial charge on any atom is 0.122 e. The van der Waals surface area contributed by atoms with Gasteiger partial charge in [-0.2, -0.15) is 0 Å². The Labute approximate surface area is 110 Å². The normalized spacial score (nSPS) is 11.9. The Morgan fingerprint density at radius 2 is 1.83 bits per heavy atom. The van der Waals surface area contributed by atoms with E-state index < -0.39 is 0 Å². The fourth-order valence-electron chi connectivity index (χ4n) is 1.63. The van der Waals surface area contributed by atoms with Crippen molar-refractivity contribution >= 4 is 0 Å². The average molecular weight is 251 g/mol. The van der Waals surface area contributed by atoms with E-state index in [9.17, 15) is 0 Å². The lowest BCUT2D eigenvalue weighted by atomic mass is 10.0. The van der Waals surface area contributed by atoms with Gasteiger partial charge >= 0.3 is 0 Å². The van der Waals surface area contributed by atoms with Crippen LogP contribution in [-0.2, 0) is 4.74 Å². The molecule has 0 atom stereocenters. The number of benzene rings is 1. The molecule has 0 spiro atoms. The summed E-state index contributed by atoms with van der Waals surface area (Å²) in [5.41, 5.74) is 6.78. The molecule has 0 aliphatic heterocycles. The van der Waals surface area contributed by atoms with Crippen LogP contribution in [0.1, 0.15) is 39.2 Å². The first-order chi connectivity index (χ1) is 8.40. The van der Waals surface area contributed by atoms with Crippen molar-refractivity contribution in [3.63, 3.8) is 0 Å². The number of nitrogens with two attached hydrogens (primary N) is 1. The topological polar surface area (TPSA) is 44.5 Å². The van der Waals surface area contributed by atoms with E-state index >= 15 is 0 Å². The highest BCUT2D eigenvalue weighted by Crippen LogP contribution is 2.25. The minimum Gasteiger partial charge on any atom is -0.491 e. The van der Waals surface area contributed by atoms with Gasteiger partial charge in [0.15, 0.2) is 0 Å². The average Bonchev–Trinajstić information content (AvgIpc) is 2.27. The summed E-state index contributed by atoms with van der Waals surface area (Å²) in [4.78, 5) is 0. The summed E-state index contributed by atoms with van der Waals surface area (Å²) in [6, 6.07) is 8.13. The first-order valence-electron chi connectivity index (χ1n) is 6.48. The van der Waals surface area contributed by atoms with E-state index in [1.807, 2.05) is 32.0 Å². The van der Waals surface area contributed by atoms with Crippen molar-refractivity contribution in [3.05, 3.63) is 29.8 Å². The van der Waals surface area contributed by atoms with Gasteiger partial charge in [-0.3, -0.25) is 0 Å². The minimum atomic E-state index is -0.282. The van der Waals surface area contributed by atoms with Crippen LogP contribution in [0.15, 0.2) is 24.3 Å². The van der Waals surface area contributed by atoms with E-state index in [4.69, 9.17) is 15.2 Å². The second-order valence-electron chi connectivity index (χ2n) is 5.58. The van der Waals surface area contributed by atoms with Crippen LogP contribution >= 0.6 is 0 Å². The van der Waals surface area contributed by atoms with Crippen LogP contribution in [0.4, 0.5) is 0 Å². The lowest BCUT2D eigenvalue weighted by Crippen LogP contribution is -2.37. The van der Waals surface area contributed by atoms with Crippen LogP contribution in [-0.4, -0.2) is 25.4 Å². The minimum absolute atomic E-state index is 0.282. The quantitative estimate of drug-likeness (QED) is 0.758. The van der Waals surface area contributed by atoms with Gasteiger partial charge < -0.3 is 15.2 Å². The number of ether oxygens (including phenoxy) is 2. The smallest absolute Gasteiger partial charge is 0.122 e. The first-order valence-corrected chi connectivity index (χ1v) is 6.48. The molecule has 18 heavy (non-hydrogen) atoms. The molecule has 0 saturated carbocycles. The molecule has 0 saturated heterocycles. The van der Waals surface area contributed by atoms with Crippen LogP contribution in [0.3, 0.4) is 0 Å². The fourth-order valence-corrected chi connectivity index (χ4v) is 1.63. The van der Waals surface area contributed by atoms with Crippen molar-refractivity contribution in [2.75, 3.05) is 19.8 Å². The second kappa shape index (κ2) is 6.76. The first kappa shape index (κ1) is 15.0. The van der Waals surface area contributed by atoms with Gasteiger partial charge in [-0.25, -0.2) is 0 Å². The molecule has 1 rings (SSSR count). The zero-order valence-corrected chi connectivity index (χ0v) is 11.9. The van der Waals surface area contributed by atoms with E-state index in [0.29, 0.717) is 25.7 Å². The fraction of sp³-hybridized carbons (Fsp3) is 0.600. The summed E-state index contributed by atoms with van der Waals surface area (Å²) in [7, 11) is 0. The molecule has 1 aromatic rings. The molecular formula is C15H25NO2. The molecule has 102 valence electrons. The third-order valence-electron chi connectivity index (χ3n) is 2.50. The van der Waals surface area contributed by atoms with Crippen molar-refractivity contribution in [3.8, 4) is 5.75 Å². The molecule has 0 aliphatic rings. The van der Waals surface area contributed by atoms with Crippen molar-refractivity contribution < 1.29 is 9.47 Å². The van der Waals surface area contributed by atoms with Crippen molar-refractivity contribution in [2.45, 2.75) is 39.2 Å². The third-order valence-corrected chi connectivity index (χ3v) is 2.50. The molecule has 0 unspecified atom stereocenters. The zero-order chi connectivity index (χ0) is 13.6. The molecule has 3 nitrogen and oxygen atoms in total. The SMILES string of the molecule is CC(C)c1ccccc1OCCOCC(C)(C)N. The van der Waals surface area contributed by atoms with Gasteiger partial charge in [0.2, 0.25) is 0 Å². The predicted molar refractivity (Wildman–Crippen MR) is 75.1 cm³/mol. The molecule has 0 bridgehead atoms. The third kappa shape index (κ3) is 5.52. The summed E-state index contributed by atoms with van der Waals surface area (Å²) < 4.78 is 11.2. The lowest BCUT2D eigenvalue weighted by molar-refractivity contribution is 0.0721. The summed E-state index contributed by atoms with van der Waals surface area (Å²) >= 11 is 0. The highest BCUT2D eigenvalue weighted by Gasteiger charge is 2.10. The van der Waals surface area contributed by atoms with Gasteiger partial charge in [0, 0.05) is 5.54 Å². The standard InChI is InChI=1S/C15H25NO2/c1-12(2)13-7-5-6-8-14(13)18-10-9-17-11-15(3,4)16/h5-8,12H,9-11,16H2,1-4H3. The Morgan fingerprint density at radius 3 is 2.44 bits per heavy atom. The molecule has 0 heterocycles. The van der Waals surface area contributed by atoms with Crippen LogP contribution in [0.5, 0.6) is 5.75 Å². The summed E-state index contributed by atoms with van der Waals surface area (Å²) in [5.74, 6) is 1.41. The van der Waals surface area contributed by atoms with Gasteiger partial charge in [0.05, 0.1) is 13.2 Å². The molecule has 0 fully saturated rings. The molecule has 2 N–H and O–H groups in total. The number of hydrogen-bond acceptors (Lipinski definition) is 3. The Bertz CT molecular complexity index is 356. The number of rotatable bonds is 7. The van der Waals surface area contributed by atoms with Crippen molar-refractivity contribution in [1.29, 1.82) is 0 Å². The van der Waals surface area contributed by atoms with Crippen LogP contribution < -0.4 is 10.5 Å². The van der Waals surface area contributed by atoms with Gasteiger partial charge in [-0.05, 0) is 31.4 Å². The largest absolute Gasteiger partial charge is 0.491 e. The summed E-state index contributed by atoms with van der Waals surface area (Å²) in [5, 5.41) is 0. The Hall–Kier alpha value is -1.06. The Morgan fingerprint density at radius 1 is 1.17 bits per heavy atom. The molecule has 0 radical (unpaired) electrons. The van der Waals surface area contributed by atoms with Crippen molar-refractivity contribution in [2.24, 2.45) is 5.73 Å². The van der Waals surface area contributed by atoms with E-state index in [1.54, 1.807) is 0 Å². The Kier molecular flexibility index (Phi) is 5.63. The van der Waals surface area contributed by atoms with Crippen LogP contribution in [0.2, 0.25) is 0 Å². The molecule has 3 heteroatoms. The maximum atomic E-state index is 5.83. The zero-order valence-electron chi connectivity index (χ0n) is 11.9. The van der Waals surface area contributed by atoms with Gasteiger partial charge in [0.1, 0.15) is 12.4 Å². The second-order valence-corrected chi connectivity index (χ2v) is 5.58. The molecule has 0 amide bonds. The van der Waals surface area contributed by atoms with Crippen molar-refractivity contribution in [1.82, 2.24) is 0 Å². The maximum absolute atomic E-state index is 5.83. The summed E-state index contributed by atoms with van der Waals surface area (Å²) in [6.45, 7) is 9.88. The molecule has 1 aromatic carbocycles. The number of para-hydroxylation sites is 1. The van der Waals surface area contributed by atoms with Gasteiger partial charge in [-0.15, -0.1) is 0 Å². The highest BCUT2D eigenvalue weighted by atomic mass is 16.5. The van der Waals surface area contributed by atoms with Crippen LogP contribution in [0, 0.1) is 0 Å². The molecular weight excluding hydrogens is 226 g/mol. The van der Waals surface area contributed by atoms with E-state index in [1.165, 1.54) is 5.56 Å². The van der Waals surface area contributed by atoms with E-state index in [-0.39, 0.29) is 5.54 Å². The monoisotopic (exact) mass is 251 g/mol. The number of hydrogen-bond donors (Lipinski definition) is 1.